The second-order valence-corrected chi connectivity index (χ2v) is 5.55. The summed E-state index contributed by atoms with van der Waals surface area (Å²) in [5, 5.41) is 13.7. The van der Waals surface area contributed by atoms with Crippen molar-refractivity contribution in [2.45, 2.75) is 33.2 Å². The number of hydrogen-bond donors (Lipinski definition) is 1. The van der Waals surface area contributed by atoms with Crippen LogP contribution in [0.4, 0.5) is 5.69 Å². The first kappa shape index (κ1) is 19.4. The zero-order valence-electron chi connectivity index (χ0n) is 14.2. The second kappa shape index (κ2) is 8.85. The zero-order valence-corrected chi connectivity index (χ0v) is 14.2. The van der Waals surface area contributed by atoms with Crippen LogP contribution in [0.15, 0.2) is 18.2 Å². The topological polar surface area (TPSA) is 108 Å². The summed E-state index contributed by atoms with van der Waals surface area (Å²) in [5.74, 6) is -0.899. The van der Waals surface area contributed by atoms with Crippen LogP contribution in [0, 0.1) is 16.0 Å². The van der Waals surface area contributed by atoms with Crippen LogP contribution in [0.5, 0.6) is 5.75 Å². The van der Waals surface area contributed by atoms with Gasteiger partial charge in [0.05, 0.1) is 18.6 Å². The molecule has 1 atom stereocenters. The third-order valence-electron chi connectivity index (χ3n) is 3.22. The van der Waals surface area contributed by atoms with Gasteiger partial charge in [0.1, 0.15) is 6.04 Å². The molecule has 0 radical (unpaired) electrons. The minimum atomic E-state index is -0.812. The van der Waals surface area contributed by atoms with Gasteiger partial charge in [-0.25, -0.2) is 4.79 Å². The lowest BCUT2D eigenvalue weighted by atomic mass is 10.0. The van der Waals surface area contributed by atoms with Crippen LogP contribution in [0.25, 0.3) is 0 Å². The predicted octanol–water partition coefficient (Wildman–Crippen LogP) is 2.31. The zero-order chi connectivity index (χ0) is 18.3. The molecule has 24 heavy (non-hydrogen) atoms. The molecular weight excluding hydrogens is 316 g/mol. The maximum Gasteiger partial charge on any atom is 0.328 e. The van der Waals surface area contributed by atoms with Crippen LogP contribution in [-0.2, 0) is 9.53 Å². The van der Waals surface area contributed by atoms with Gasteiger partial charge in [0.2, 0.25) is 0 Å². The number of ether oxygens (including phenoxy) is 2. The van der Waals surface area contributed by atoms with Crippen LogP contribution >= 0.6 is 0 Å². The second-order valence-electron chi connectivity index (χ2n) is 5.55. The number of hydrogen-bond acceptors (Lipinski definition) is 6. The van der Waals surface area contributed by atoms with Gasteiger partial charge in [-0.05, 0) is 31.4 Å². The lowest BCUT2D eigenvalue weighted by Crippen LogP contribution is -2.42. The van der Waals surface area contributed by atoms with Crippen LogP contribution < -0.4 is 10.1 Å². The smallest absolute Gasteiger partial charge is 0.328 e. The molecule has 1 aromatic rings. The van der Waals surface area contributed by atoms with Crippen molar-refractivity contribution in [3.05, 3.63) is 33.9 Å². The molecule has 0 fully saturated rings. The minimum Gasteiger partial charge on any atom is -0.487 e. The predicted molar refractivity (Wildman–Crippen MR) is 87.0 cm³/mol. The van der Waals surface area contributed by atoms with Crippen LogP contribution in [0.2, 0.25) is 0 Å². The molecule has 0 aliphatic rings. The maximum absolute atomic E-state index is 12.3. The molecule has 0 bridgehead atoms. The minimum absolute atomic E-state index is 0.0720. The number of esters is 1. The van der Waals surface area contributed by atoms with Crippen molar-refractivity contribution < 1.29 is 24.0 Å². The SMILES string of the molecule is CCOc1ccc(C(=O)N[C@H](CC(C)C)C(=O)OC)cc1[N+](=O)[O-]. The summed E-state index contributed by atoms with van der Waals surface area (Å²) in [7, 11) is 1.24. The molecule has 0 aromatic heterocycles. The molecule has 0 saturated carbocycles. The fourth-order valence-corrected chi connectivity index (χ4v) is 2.15. The Morgan fingerprint density at radius 1 is 1.33 bits per heavy atom. The van der Waals surface area contributed by atoms with E-state index in [-0.39, 0.29) is 29.5 Å². The van der Waals surface area contributed by atoms with Gasteiger partial charge >= 0.3 is 11.7 Å². The van der Waals surface area contributed by atoms with Crippen molar-refractivity contribution in [2.75, 3.05) is 13.7 Å². The molecule has 8 heteroatoms. The first-order valence-electron chi connectivity index (χ1n) is 7.60. The number of rotatable bonds is 8. The van der Waals surface area contributed by atoms with Crippen molar-refractivity contribution in [1.29, 1.82) is 0 Å². The number of carbonyl (C=O) groups excluding carboxylic acids is 2. The average molecular weight is 338 g/mol. The summed E-state index contributed by atoms with van der Waals surface area (Å²) in [4.78, 5) is 34.6. The van der Waals surface area contributed by atoms with Crippen molar-refractivity contribution >= 4 is 17.6 Å². The fraction of sp³-hybridized carbons (Fsp3) is 0.500. The third-order valence-corrected chi connectivity index (χ3v) is 3.22. The Labute approximate surface area is 140 Å². The molecule has 8 nitrogen and oxygen atoms in total. The monoisotopic (exact) mass is 338 g/mol. The van der Waals surface area contributed by atoms with Gasteiger partial charge in [0, 0.05) is 11.6 Å². The number of nitro benzene ring substituents is 1. The maximum atomic E-state index is 12.3. The quantitative estimate of drug-likeness (QED) is 0.443. The van der Waals surface area contributed by atoms with E-state index in [0.29, 0.717) is 6.42 Å². The Balaban J connectivity index is 3.02. The Bertz CT molecular complexity index is 615. The van der Waals surface area contributed by atoms with Crippen molar-refractivity contribution in [2.24, 2.45) is 5.92 Å². The van der Waals surface area contributed by atoms with Crippen LogP contribution in [0.1, 0.15) is 37.6 Å². The van der Waals surface area contributed by atoms with Crippen LogP contribution in [-0.4, -0.2) is 36.6 Å². The molecule has 1 amide bonds. The molecule has 0 spiro atoms. The number of nitrogens with one attached hydrogen (secondary N) is 1. The largest absolute Gasteiger partial charge is 0.487 e. The molecule has 0 saturated heterocycles. The summed E-state index contributed by atoms with van der Waals surface area (Å²) in [6.07, 6.45) is 0.400. The standard InChI is InChI=1S/C16H22N2O6/c1-5-24-14-7-6-11(9-13(14)18(21)22)15(19)17-12(8-10(2)3)16(20)23-4/h6-7,9-10,12H,5,8H2,1-4H3,(H,17,19)/t12-/m1/s1. The molecule has 1 aromatic carbocycles. The van der Waals surface area contributed by atoms with Crippen molar-refractivity contribution in [3.63, 3.8) is 0 Å². The Kier molecular flexibility index (Phi) is 7.16. The first-order chi connectivity index (χ1) is 11.3. The van der Waals surface area contributed by atoms with E-state index >= 15 is 0 Å². The highest BCUT2D eigenvalue weighted by atomic mass is 16.6. The number of nitrogens with zero attached hydrogens (tertiary/aromatic N) is 1. The lowest BCUT2D eigenvalue weighted by molar-refractivity contribution is -0.385. The summed E-state index contributed by atoms with van der Waals surface area (Å²) in [6.45, 7) is 5.79. The molecule has 0 aliphatic heterocycles. The number of benzene rings is 1. The van der Waals surface area contributed by atoms with Gasteiger partial charge in [0.15, 0.2) is 5.75 Å². The third kappa shape index (κ3) is 5.22. The summed E-state index contributed by atoms with van der Waals surface area (Å²) in [5.41, 5.74) is -0.231. The highest BCUT2D eigenvalue weighted by Gasteiger charge is 2.25. The number of methoxy groups -OCH3 is 1. The molecule has 0 aliphatic carbocycles. The average Bonchev–Trinajstić information content (AvgIpc) is 2.53. The van der Waals surface area contributed by atoms with E-state index in [1.54, 1.807) is 6.92 Å². The molecule has 132 valence electrons. The highest BCUT2D eigenvalue weighted by molar-refractivity contribution is 5.97. The van der Waals surface area contributed by atoms with Gasteiger partial charge in [-0.15, -0.1) is 0 Å². The number of amides is 1. The van der Waals surface area contributed by atoms with Gasteiger partial charge in [-0.3, -0.25) is 14.9 Å². The van der Waals surface area contributed by atoms with Gasteiger partial charge in [-0.1, -0.05) is 13.8 Å². The molecular formula is C16H22N2O6. The molecule has 1 rings (SSSR count). The fourth-order valence-electron chi connectivity index (χ4n) is 2.15. The van der Waals surface area contributed by atoms with E-state index in [9.17, 15) is 19.7 Å². The Hall–Kier alpha value is -2.64. The van der Waals surface area contributed by atoms with E-state index in [1.165, 1.54) is 19.2 Å². The lowest BCUT2D eigenvalue weighted by Gasteiger charge is -2.18. The van der Waals surface area contributed by atoms with Crippen LogP contribution in [0.3, 0.4) is 0 Å². The molecule has 0 heterocycles. The molecule has 0 unspecified atom stereocenters. The van der Waals surface area contributed by atoms with Gasteiger partial charge < -0.3 is 14.8 Å². The van der Waals surface area contributed by atoms with Gasteiger partial charge in [-0.2, -0.15) is 0 Å². The highest BCUT2D eigenvalue weighted by Crippen LogP contribution is 2.28. The number of nitro groups is 1. The number of carbonyl (C=O) groups is 2. The normalized spacial score (nSPS) is 11.7. The van der Waals surface area contributed by atoms with E-state index in [0.717, 1.165) is 6.07 Å². The van der Waals surface area contributed by atoms with Crippen molar-refractivity contribution in [3.8, 4) is 5.75 Å². The van der Waals surface area contributed by atoms with E-state index in [4.69, 9.17) is 4.74 Å². The summed E-state index contributed by atoms with van der Waals surface area (Å²) >= 11 is 0. The Morgan fingerprint density at radius 2 is 2.00 bits per heavy atom. The van der Waals surface area contributed by atoms with Crippen molar-refractivity contribution in [1.82, 2.24) is 5.32 Å². The van der Waals surface area contributed by atoms with Gasteiger partial charge in [0.25, 0.3) is 5.91 Å². The van der Waals surface area contributed by atoms with E-state index in [2.05, 4.69) is 10.1 Å². The summed E-state index contributed by atoms with van der Waals surface area (Å²) < 4.78 is 9.86. The summed E-state index contributed by atoms with van der Waals surface area (Å²) in [6, 6.07) is 3.10. The first-order valence-corrected chi connectivity index (χ1v) is 7.60. The molecule has 1 N–H and O–H groups in total. The Morgan fingerprint density at radius 3 is 2.50 bits per heavy atom. The van der Waals surface area contributed by atoms with E-state index < -0.39 is 22.8 Å². The van der Waals surface area contributed by atoms with E-state index in [1.807, 2.05) is 13.8 Å².